The Bertz CT molecular complexity index is 1260. The number of phenols is 1. The third-order valence-electron chi connectivity index (χ3n) is 5.58. The zero-order valence-corrected chi connectivity index (χ0v) is 18.8. The molecule has 1 aliphatic heterocycles. The van der Waals surface area contributed by atoms with Gasteiger partial charge in [-0.25, -0.2) is 0 Å². The molecular weight excluding hydrogens is 436 g/mol. The maximum Gasteiger partial charge on any atom is 0.295 e. The molecular formula is C26H24N2O6. The summed E-state index contributed by atoms with van der Waals surface area (Å²) in [5, 5.41) is 21.4. The Balaban J connectivity index is 1.89. The fraction of sp³-hybridized carbons (Fsp3) is 0.192. The smallest absolute Gasteiger partial charge is 0.295 e. The van der Waals surface area contributed by atoms with Crippen molar-refractivity contribution in [2.75, 3.05) is 13.7 Å². The molecule has 2 aromatic carbocycles. The number of likely N-dealkylation sites (tertiary alicyclic amines) is 1. The first kappa shape index (κ1) is 22.8. The van der Waals surface area contributed by atoms with E-state index in [1.807, 2.05) is 0 Å². The Hall–Kier alpha value is -4.33. The molecule has 174 valence electrons. The highest BCUT2D eigenvalue weighted by Crippen LogP contribution is 2.42. The first-order valence-electron chi connectivity index (χ1n) is 10.7. The van der Waals surface area contributed by atoms with Crippen molar-refractivity contribution in [1.29, 1.82) is 0 Å². The highest BCUT2D eigenvalue weighted by molar-refractivity contribution is 6.46. The van der Waals surface area contributed by atoms with Crippen LogP contribution in [-0.2, 0) is 16.1 Å². The number of rotatable bonds is 7. The molecule has 2 N–H and O–H groups in total. The number of ketones is 1. The number of pyridine rings is 1. The van der Waals surface area contributed by atoms with Crippen LogP contribution in [0.5, 0.6) is 17.2 Å². The van der Waals surface area contributed by atoms with Crippen LogP contribution in [0.4, 0.5) is 0 Å². The Morgan fingerprint density at radius 2 is 1.85 bits per heavy atom. The molecule has 0 spiro atoms. The van der Waals surface area contributed by atoms with E-state index < -0.39 is 17.7 Å². The minimum absolute atomic E-state index is 0.0551. The summed E-state index contributed by atoms with van der Waals surface area (Å²) in [6, 6.07) is 13.8. The van der Waals surface area contributed by atoms with Crippen LogP contribution in [0.1, 0.15) is 29.7 Å². The van der Waals surface area contributed by atoms with Crippen molar-refractivity contribution in [3.8, 4) is 17.2 Å². The van der Waals surface area contributed by atoms with Gasteiger partial charge in [0.1, 0.15) is 11.5 Å². The van der Waals surface area contributed by atoms with Gasteiger partial charge in [-0.15, -0.1) is 0 Å². The number of phenolic OH excluding ortho intramolecular Hbond substituents is 1. The maximum atomic E-state index is 13.2. The number of aromatic nitrogens is 1. The van der Waals surface area contributed by atoms with Crippen molar-refractivity contribution < 1.29 is 29.3 Å². The first-order valence-corrected chi connectivity index (χ1v) is 10.7. The fourth-order valence-electron chi connectivity index (χ4n) is 3.97. The van der Waals surface area contributed by atoms with Crippen molar-refractivity contribution in [2.45, 2.75) is 19.5 Å². The minimum atomic E-state index is -0.904. The number of hydrogen-bond acceptors (Lipinski definition) is 7. The molecule has 34 heavy (non-hydrogen) atoms. The normalized spacial score (nSPS) is 17.1. The average molecular weight is 460 g/mol. The molecule has 2 heterocycles. The molecule has 0 aliphatic carbocycles. The van der Waals surface area contributed by atoms with E-state index in [9.17, 15) is 19.8 Å². The summed E-state index contributed by atoms with van der Waals surface area (Å²) in [5.41, 5.74) is 1.57. The lowest BCUT2D eigenvalue weighted by atomic mass is 9.94. The number of carbonyl (C=O) groups is 2. The van der Waals surface area contributed by atoms with E-state index in [2.05, 4.69) is 4.98 Å². The molecule has 8 heteroatoms. The van der Waals surface area contributed by atoms with E-state index in [-0.39, 0.29) is 29.4 Å². The second kappa shape index (κ2) is 9.66. The molecule has 8 nitrogen and oxygen atoms in total. The summed E-state index contributed by atoms with van der Waals surface area (Å²) in [7, 11) is 1.50. The first-order chi connectivity index (χ1) is 16.4. The number of methoxy groups -OCH3 is 1. The summed E-state index contributed by atoms with van der Waals surface area (Å²) in [4.78, 5) is 31.7. The van der Waals surface area contributed by atoms with Crippen LogP contribution in [-0.4, -0.2) is 45.5 Å². The van der Waals surface area contributed by atoms with Gasteiger partial charge < -0.3 is 24.6 Å². The van der Waals surface area contributed by atoms with Gasteiger partial charge in [-0.1, -0.05) is 18.2 Å². The molecule has 1 fully saturated rings. The highest BCUT2D eigenvalue weighted by Gasteiger charge is 2.46. The molecule has 1 aliphatic rings. The quantitative estimate of drug-likeness (QED) is 0.313. The van der Waals surface area contributed by atoms with Crippen molar-refractivity contribution in [1.82, 2.24) is 9.88 Å². The van der Waals surface area contributed by atoms with Gasteiger partial charge in [-0.3, -0.25) is 14.6 Å². The number of hydrogen-bond donors (Lipinski definition) is 2. The van der Waals surface area contributed by atoms with E-state index in [1.165, 1.54) is 18.1 Å². The standard InChI is InChI=1S/C26H24N2O6/c1-3-34-21-14-17(7-8-20(21)29)23-22(24(30)18-5-4-6-19(13-18)33-2)25(31)26(32)28(23)15-16-9-11-27-12-10-16/h4-14,23,29-30H,3,15H2,1-2H3. The van der Waals surface area contributed by atoms with Gasteiger partial charge in [0.15, 0.2) is 11.5 Å². The van der Waals surface area contributed by atoms with Crippen molar-refractivity contribution in [2.24, 2.45) is 0 Å². The van der Waals surface area contributed by atoms with Gasteiger partial charge in [0, 0.05) is 24.5 Å². The van der Waals surface area contributed by atoms with E-state index in [1.54, 1.807) is 67.8 Å². The van der Waals surface area contributed by atoms with Gasteiger partial charge in [0.25, 0.3) is 11.7 Å². The number of benzene rings is 2. The number of aliphatic hydroxyl groups is 1. The molecule has 1 amide bonds. The third-order valence-corrected chi connectivity index (χ3v) is 5.58. The summed E-state index contributed by atoms with van der Waals surface area (Å²) >= 11 is 0. The van der Waals surface area contributed by atoms with Crippen LogP contribution < -0.4 is 9.47 Å². The number of nitrogens with zero attached hydrogens (tertiary/aromatic N) is 2. The van der Waals surface area contributed by atoms with Crippen LogP contribution >= 0.6 is 0 Å². The number of carbonyl (C=O) groups excluding carboxylic acids is 2. The summed E-state index contributed by atoms with van der Waals surface area (Å²) in [6.45, 7) is 2.22. The Kier molecular flexibility index (Phi) is 6.49. The maximum absolute atomic E-state index is 13.2. The number of Topliss-reactive ketones (excluding diaryl/α,β-unsaturated/α-hetero) is 1. The lowest BCUT2D eigenvalue weighted by molar-refractivity contribution is -0.140. The molecule has 0 radical (unpaired) electrons. The predicted molar refractivity (Wildman–Crippen MR) is 124 cm³/mol. The molecule has 1 saturated heterocycles. The lowest BCUT2D eigenvalue weighted by Crippen LogP contribution is -2.29. The summed E-state index contributed by atoms with van der Waals surface area (Å²) < 4.78 is 10.7. The largest absolute Gasteiger partial charge is 0.507 e. The molecule has 0 saturated carbocycles. The van der Waals surface area contributed by atoms with Crippen molar-refractivity contribution in [3.05, 3.63) is 89.3 Å². The lowest BCUT2D eigenvalue weighted by Gasteiger charge is -2.26. The molecule has 1 atom stereocenters. The van der Waals surface area contributed by atoms with Crippen molar-refractivity contribution >= 4 is 17.4 Å². The SMILES string of the molecule is CCOc1cc(C2C(=C(O)c3cccc(OC)c3)C(=O)C(=O)N2Cc2ccncc2)ccc1O. The number of amides is 1. The topological polar surface area (TPSA) is 109 Å². The fourth-order valence-corrected chi connectivity index (χ4v) is 3.97. The molecule has 1 unspecified atom stereocenters. The van der Waals surface area contributed by atoms with Gasteiger partial charge >= 0.3 is 0 Å². The van der Waals surface area contributed by atoms with Crippen molar-refractivity contribution in [3.63, 3.8) is 0 Å². The molecule has 0 bridgehead atoms. The number of ether oxygens (including phenoxy) is 2. The third kappa shape index (κ3) is 4.30. The van der Waals surface area contributed by atoms with E-state index >= 15 is 0 Å². The van der Waals surface area contributed by atoms with Gasteiger partial charge in [-0.2, -0.15) is 0 Å². The molecule has 4 rings (SSSR count). The minimum Gasteiger partial charge on any atom is -0.507 e. The average Bonchev–Trinajstić information content (AvgIpc) is 3.10. The Morgan fingerprint density at radius 3 is 2.56 bits per heavy atom. The zero-order chi connectivity index (χ0) is 24.2. The van der Waals surface area contributed by atoms with Crippen LogP contribution in [0.15, 0.2) is 72.6 Å². The van der Waals surface area contributed by atoms with E-state index in [0.29, 0.717) is 23.5 Å². The van der Waals surface area contributed by atoms with Crippen LogP contribution in [0.2, 0.25) is 0 Å². The van der Waals surface area contributed by atoms with Gasteiger partial charge in [0.05, 0.1) is 25.3 Å². The number of aromatic hydroxyl groups is 1. The zero-order valence-electron chi connectivity index (χ0n) is 18.8. The van der Waals surface area contributed by atoms with Gasteiger partial charge in [-0.05, 0) is 54.4 Å². The highest BCUT2D eigenvalue weighted by atomic mass is 16.5. The summed E-state index contributed by atoms with van der Waals surface area (Å²) in [6.07, 6.45) is 3.20. The van der Waals surface area contributed by atoms with Crippen LogP contribution in [0, 0.1) is 0 Å². The second-order valence-electron chi connectivity index (χ2n) is 7.67. The number of aliphatic hydroxyl groups excluding tert-OH is 1. The van der Waals surface area contributed by atoms with E-state index in [4.69, 9.17) is 9.47 Å². The monoisotopic (exact) mass is 460 g/mol. The Morgan fingerprint density at radius 1 is 1.09 bits per heavy atom. The summed E-state index contributed by atoms with van der Waals surface area (Å²) in [5.74, 6) is -1.21. The van der Waals surface area contributed by atoms with Crippen LogP contribution in [0.25, 0.3) is 5.76 Å². The Labute approximate surface area is 196 Å². The van der Waals surface area contributed by atoms with E-state index in [0.717, 1.165) is 5.56 Å². The molecule has 1 aromatic heterocycles. The molecule has 3 aromatic rings. The predicted octanol–water partition coefficient (Wildman–Crippen LogP) is 3.82. The van der Waals surface area contributed by atoms with Gasteiger partial charge in [0.2, 0.25) is 0 Å². The second-order valence-corrected chi connectivity index (χ2v) is 7.67. The van der Waals surface area contributed by atoms with Crippen LogP contribution in [0.3, 0.4) is 0 Å².